The summed E-state index contributed by atoms with van der Waals surface area (Å²) in [7, 11) is -2.16. The van der Waals surface area contributed by atoms with E-state index in [0.29, 0.717) is 24.5 Å². The van der Waals surface area contributed by atoms with E-state index in [2.05, 4.69) is 15.5 Å². The third kappa shape index (κ3) is 2.80. The summed E-state index contributed by atoms with van der Waals surface area (Å²) >= 11 is 0. The summed E-state index contributed by atoms with van der Waals surface area (Å²) in [6.45, 7) is 4.68. The highest BCUT2D eigenvalue weighted by Gasteiger charge is 2.27. The zero-order valence-corrected chi connectivity index (χ0v) is 14.6. The SMILES string of the molecule is Cc1ccc(C)c(S(=O)(=O)N(C)Cc2nnc3n2CCNC3=O)c1. The number of nitrogens with one attached hydrogen (secondary N) is 1. The molecule has 0 spiro atoms. The zero-order chi connectivity index (χ0) is 17.5. The Bertz CT molecular complexity index is 904. The van der Waals surface area contributed by atoms with Gasteiger partial charge in [0.05, 0.1) is 11.4 Å². The molecule has 9 heteroatoms. The lowest BCUT2D eigenvalue weighted by Gasteiger charge is -2.20. The number of sulfonamides is 1. The van der Waals surface area contributed by atoms with Gasteiger partial charge in [-0.2, -0.15) is 4.31 Å². The van der Waals surface area contributed by atoms with Gasteiger partial charge in [-0.3, -0.25) is 4.79 Å². The average Bonchev–Trinajstić information content (AvgIpc) is 2.94. The first-order valence-electron chi connectivity index (χ1n) is 7.54. The largest absolute Gasteiger partial charge is 0.348 e. The van der Waals surface area contributed by atoms with Crippen LogP contribution < -0.4 is 5.32 Å². The van der Waals surface area contributed by atoms with Crippen LogP contribution in [0.5, 0.6) is 0 Å². The monoisotopic (exact) mass is 349 g/mol. The Labute approximate surface area is 140 Å². The van der Waals surface area contributed by atoms with Crippen molar-refractivity contribution in [3.63, 3.8) is 0 Å². The second-order valence-corrected chi connectivity index (χ2v) is 7.89. The second-order valence-electron chi connectivity index (χ2n) is 5.88. The van der Waals surface area contributed by atoms with Crippen LogP contribution in [-0.2, 0) is 23.1 Å². The molecule has 8 nitrogen and oxygen atoms in total. The van der Waals surface area contributed by atoms with Gasteiger partial charge in [-0.05, 0) is 31.0 Å². The molecule has 0 atom stereocenters. The van der Waals surface area contributed by atoms with E-state index in [9.17, 15) is 13.2 Å². The summed E-state index contributed by atoms with van der Waals surface area (Å²) in [6.07, 6.45) is 0. The van der Waals surface area contributed by atoms with Crippen molar-refractivity contribution in [1.29, 1.82) is 0 Å². The number of amides is 1. The Hall–Kier alpha value is -2.26. The number of fused-ring (bicyclic) bond motifs is 1. The molecule has 24 heavy (non-hydrogen) atoms. The molecule has 2 aromatic rings. The number of hydrogen-bond acceptors (Lipinski definition) is 5. The van der Waals surface area contributed by atoms with E-state index in [1.807, 2.05) is 13.0 Å². The van der Waals surface area contributed by atoms with E-state index in [4.69, 9.17) is 0 Å². The highest BCUT2D eigenvalue weighted by Crippen LogP contribution is 2.21. The first-order chi connectivity index (χ1) is 11.3. The lowest BCUT2D eigenvalue weighted by Crippen LogP contribution is -2.37. The third-order valence-electron chi connectivity index (χ3n) is 4.05. The van der Waals surface area contributed by atoms with Gasteiger partial charge in [-0.1, -0.05) is 12.1 Å². The van der Waals surface area contributed by atoms with Crippen LogP contribution in [0.3, 0.4) is 0 Å². The molecule has 1 N–H and O–H groups in total. The van der Waals surface area contributed by atoms with E-state index < -0.39 is 10.0 Å². The molecule has 0 aliphatic carbocycles. The van der Waals surface area contributed by atoms with Gasteiger partial charge < -0.3 is 9.88 Å². The Balaban J connectivity index is 1.91. The Kier molecular flexibility index (Phi) is 4.14. The second kappa shape index (κ2) is 5.99. The first-order valence-corrected chi connectivity index (χ1v) is 8.98. The van der Waals surface area contributed by atoms with Crippen molar-refractivity contribution in [2.75, 3.05) is 13.6 Å². The van der Waals surface area contributed by atoms with Crippen molar-refractivity contribution < 1.29 is 13.2 Å². The molecule has 128 valence electrons. The quantitative estimate of drug-likeness (QED) is 0.865. The predicted molar refractivity (Wildman–Crippen MR) is 86.9 cm³/mol. The fourth-order valence-electron chi connectivity index (χ4n) is 2.65. The van der Waals surface area contributed by atoms with Crippen LogP contribution in [0.25, 0.3) is 0 Å². The molecule has 3 rings (SSSR count). The fourth-order valence-corrected chi connectivity index (χ4v) is 4.08. The van der Waals surface area contributed by atoms with Crippen LogP contribution in [0.4, 0.5) is 0 Å². The molecule has 0 radical (unpaired) electrons. The van der Waals surface area contributed by atoms with Gasteiger partial charge in [0, 0.05) is 20.1 Å². The molecule has 1 aliphatic rings. The van der Waals surface area contributed by atoms with Gasteiger partial charge in [-0.15, -0.1) is 10.2 Å². The molecule has 1 aromatic carbocycles. The number of carbonyl (C=O) groups excluding carboxylic acids is 1. The van der Waals surface area contributed by atoms with Crippen LogP contribution in [0, 0.1) is 13.8 Å². The maximum absolute atomic E-state index is 12.9. The number of carbonyl (C=O) groups is 1. The Morgan fingerprint density at radius 1 is 1.29 bits per heavy atom. The standard InChI is InChI=1S/C15H19N5O3S/c1-10-4-5-11(2)12(8-10)24(22,23)19(3)9-13-17-18-14-15(21)16-6-7-20(13)14/h4-5,8H,6-7,9H2,1-3H3,(H,16,21). The molecule has 1 amide bonds. The van der Waals surface area contributed by atoms with Crippen LogP contribution >= 0.6 is 0 Å². The summed E-state index contributed by atoms with van der Waals surface area (Å²) in [6, 6.07) is 5.33. The Morgan fingerprint density at radius 2 is 2.04 bits per heavy atom. The maximum atomic E-state index is 12.9. The van der Waals surface area contributed by atoms with E-state index >= 15 is 0 Å². The van der Waals surface area contributed by atoms with Crippen molar-refractivity contribution in [3.8, 4) is 0 Å². The van der Waals surface area contributed by atoms with Crippen molar-refractivity contribution in [3.05, 3.63) is 41.0 Å². The number of aryl methyl sites for hydroxylation is 2. The van der Waals surface area contributed by atoms with Gasteiger partial charge in [0.2, 0.25) is 15.8 Å². The van der Waals surface area contributed by atoms with Crippen LogP contribution in [0.2, 0.25) is 0 Å². The summed E-state index contributed by atoms with van der Waals surface area (Å²) in [5, 5.41) is 10.5. The highest BCUT2D eigenvalue weighted by molar-refractivity contribution is 7.89. The van der Waals surface area contributed by atoms with E-state index in [1.165, 1.54) is 11.4 Å². The zero-order valence-electron chi connectivity index (χ0n) is 13.8. The molecule has 1 aromatic heterocycles. The smallest absolute Gasteiger partial charge is 0.289 e. The summed E-state index contributed by atoms with van der Waals surface area (Å²) < 4.78 is 28.6. The number of nitrogens with zero attached hydrogens (tertiary/aromatic N) is 4. The van der Waals surface area contributed by atoms with E-state index in [1.54, 1.807) is 23.6 Å². The van der Waals surface area contributed by atoms with E-state index in [-0.39, 0.29) is 23.2 Å². The van der Waals surface area contributed by atoms with Crippen molar-refractivity contribution in [1.82, 2.24) is 24.4 Å². The number of benzene rings is 1. The number of rotatable bonds is 4. The molecular formula is C15H19N5O3S. The molecule has 0 saturated carbocycles. The molecule has 1 aliphatic heterocycles. The first kappa shape index (κ1) is 16.6. The summed E-state index contributed by atoms with van der Waals surface area (Å²) in [4.78, 5) is 12.0. The highest BCUT2D eigenvalue weighted by atomic mass is 32.2. The van der Waals surface area contributed by atoms with Gasteiger partial charge in [0.15, 0.2) is 0 Å². The molecule has 0 fully saturated rings. The molecule has 0 saturated heterocycles. The minimum Gasteiger partial charge on any atom is -0.348 e. The minimum absolute atomic E-state index is 0.0516. The van der Waals surface area contributed by atoms with Gasteiger partial charge in [0.25, 0.3) is 5.91 Å². The summed E-state index contributed by atoms with van der Waals surface area (Å²) in [5.41, 5.74) is 1.57. The number of hydrogen-bond donors (Lipinski definition) is 1. The Morgan fingerprint density at radius 3 is 2.79 bits per heavy atom. The molecule has 2 heterocycles. The maximum Gasteiger partial charge on any atom is 0.289 e. The molecule has 0 unspecified atom stereocenters. The van der Waals surface area contributed by atoms with Crippen LogP contribution in [0.15, 0.2) is 23.1 Å². The van der Waals surface area contributed by atoms with Gasteiger partial charge >= 0.3 is 0 Å². The lowest BCUT2D eigenvalue weighted by molar-refractivity contribution is 0.0920. The topological polar surface area (TPSA) is 97.2 Å². The minimum atomic E-state index is -3.66. The lowest BCUT2D eigenvalue weighted by atomic mass is 10.2. The molecule has 0 bridgehead atoms. The predicted octanol–water partition coefficient (Wildman–Crippen LogP) is 0.459. The summed E-state index contributed by atoms with van der Waals surface area (Å²) in [5.74, 6) is 0.380. The van der Waals surface area contributed by atoms with Crippen molar-refractivity contribution >= 4 is 15.9 Å². The van der Waals surface area contributed by atoms with Crippen LogP contribution in [0.1, 0.15) is 27.6 Å². The fraction of sp³-hybridized carbons (Fsp3) is 0.400. The third-order valence-corrected chi connectivity index (χ3v) is 5.99. The van der Waals surface area contributed by atoms with Crippen LogP contribution in [-0.4, -0.2) is 47.0 Å². The van der Waals surface area contributed by atoms with Gasteiger partial charge in [-0.25, -0.2) is 8.42 Å². The average molecular weight is 349 g/mol. The van der Waals surface area contributed by atoms with Crippen molar-refractivity contribution in [2.45, 2.75) is 31.8 Å². The van der Waals surface area contributed by atoms with Crippen molar-refractivity contribution in [2.24, 2.45) is 0 Å². The van der Waals surface area contributed by atoms with Gasteiger partial charge in [0.1, 0.15) is 5.82 Å². The van der Waals surface area contributed by atoms with E-state index in [0.717, 1.165) is 5.56 Å². The number of aromatic nitrogens is 3. The normalized spacial score (nSPS) is 14.6. The molecular weight excluding hydrogens is 330 g/mol.